The van der Waals surface area contributed by atoms with E-state index in [-0.39, 0.29) is 11.0 Å². The first kappa shape index (κ1) is 15.5. The smallest absolute Gasteiger partial charge is 0.263 e. The molecule has 112 valence electrons. The molecule has 1 fully saturated rings. The first-order valence-corrected chi connectivity index (χ1v) is 8.90. The Morgan fingerprint density at radius 1 is 1.05 bits per heavy atom. The molecule has 0 N–H and O–H groups in total. The average Bonchev–Trinajstić information content (AvgIpc) is 2.67. The van der Waals surface area contributed by atoms with Crippen LogP contribution in [-0.2, 0) is 14.3 Å². The van der Waals surface area contributed by atoms with Crippen molar-refractivity contribution >= 4 is 10.1 Å². The van der Waals surface area contributed by atoms with Crippen LogP contribution in [0.4, 0.5) is 0 Å². The molecule has 0 spiro atoms. The van der Waals surface area contributed by atoms with Gasteiger partial charge < -0.3 is 0 Å². The molecule has 0 bridgehead atoms. The van der Waals surface area contributed by atoms with Crippen molar-refractivity contribution in [3.8, 4) is 0 Å². The molecule has 0 heterocycles. The van der Waals surface area contributed by atoms with Crippen LogP contribution in [0.25, 0.3) is 0 Å². The third kappa shape index (κ3) is 4.06. The van der Waals surface area contributed by atoms with E-state index in [1.165, 1.54) is 25.7 Å². The quantitative estimate of drug-likeness (QED) is 0.621. The van der Waals surface area contributed by atoms with E-state index in [0.29, 0.717) is 5.92 Å². The maximum absolute atomic E-state index is 12.3. The molecule has 1 saturated carbocycles. The lowest BCUT2D eigenvalue weighted by molar-refractivity contribution is 0.147. The van der Waals surface area contributed by atoms with Crippen LogP contribution in [0.3, 0.4) is 0 Å². The molecule has 0 amide bonds. The van der Waals surface area contributed by atoms with Gasteiger partial charge in [-0.3, -0.25) is 4.18 Å². The molecular weight excluding hydrogens is 272 g/mol. The largest absolute Gasteiger partial charge is 0.297 e. The molecule has 20 heavy (non-hydrogen) atoms. The van der Waals surface area contributed by atoms with Gasteiger partial charge in [0, 0.05) is 0 Å². The van der Waals surface area contributed by atoms with E-state index in [9.17, 15) is 8.42 Å². The highest BCUT2D eigenvalue weighted by Gasteiger charge is 2.25. The van der Waals surface area contributed by atoms with Gasteiger partial charge in [0.1, 0.15) is 0 Å². The van der Waals surface area contributed by atoms with Crippen molar-refractivity contribution in [3.05, 3.63) is 29.8 Å². The van der Waals surface area contributed by atoms with Gasteiger partial charge in [-0.25, -0.2) is 0 Å². The van der Waals surface area contributed by atoms with Crippen molar-refractivity contribution in [2.75, 3.05) is 0 Å². The summed E-state index contributed by atoms with van der Waals surface area (Å²) in [6.45, 7) is 3.83. The molecule has 4 heteroatoms. The average molecular weight is 296 g/mol. The summed E-state index contributed by atoms with van der Waals surface area (Å²) in [6, 6.07) is 6.83. The standard InChI is InChI=1S/C16H24O3S/c1-13-9-11-16(12-10-13)20(17,18)19-14(2)15-7-5-3-4-6-8-15/h9-12,14-15H,3-8H2,1-2H3. The van der Waals surface area contributed by atoms with Gasteiger partial charge in [0.2, 0.25) is 0 Å². The highest BCUT2D eigenvalue weighted by molar-refractivity contribution is 7.86. The Bertz CT molecular complexity index is 511. The summed E-state index contributed by atoms with van der Waals surface area (Å²) in [5.41, 5.74) is 1.04. The monoisotopic (exact) mass is 296 g/mol. The van der Waals surface area contributed by atoms with Crippen LogP contribution in [0.5, 0.6) is 0 Å². The lowest BCUT2D eigenvalue weighted by Crippen LogP contribution is -2.24. The minimum Gasteiger partial charge on any atom is -0.263 e. The molecule has 2 rings (SSSR count). The van der Waals surface area contributed by atoms with Crippen LogP contribution in [-0.4, -0.2) is 14.5 Å². The first-order chi connectivity index (χ1) is 9.49. The molecule has 0 aliphatic heterocycles. The van der Waals surface area contributed by atoms with Crippen LogP contribution in [0.15, 0.2) is 29.2 Å². The summed E-state index contributed by atoms with van der Waals surface area (Å²) in [4.78, 5) is 0.253. The van der Waals surface area contributed by atoms with Gasteiger partial charge in [0.05, 0.1) is 11.0 Å². The fourth-order valence-electron chi connectivity index (χ4n) is 2.82. The molecule has 1 aromatic rings. The van der Waals surface area contributed by atoms with E-state index in [1.807, 2.05) is 13.8 Å². The molecule has 1 aliphatic rings. The van der Waals surface area contributed by atoms with Crippen molar-refractivity contribution in [3.63, 3.8) is 0 Å². The van der Waals surface area contributed by atoms with E-state index >= 15 is 0 Å². The minimum absolute atomic E-state index is 0.237. The number of benzene rings is 1. The van der Waals surface area contributed by atoms with Gasteiger partial charge in [-0.1, -0.05) is 43.4 Å². The van der Waals surface area contributed by atoms with Gasteiger partial charge >= 0.3 is 0 Å². The molecule has 1 aromatic carbocycles. The van der Waals surface area contributed by atoms with E-state index < -0.39 is 10.1 Å². The summed E-state index contributed by atoms with van der Waals surface area (Å²) in [7, 11) is -3.64. The van der Waals surface area contributed by atoms with Crippen molar-refractivity contribution < 1.29 is 12.6 Å². The Morgan fingerprint density at radius 2 is 1.60 bits per heavy atom. The van der Waals surface area contributed by atoms with E-state index in [1.54, 1.807) is 24.3 Å². The van der Waals surface area contributed by atoms with Crippen molar-refractivity contribution in [2.45, 2.75) is 63.4 Å². The zero-order valence-electron chi connectivity index (χ0n) is 12.3. The Hall–Kier alpha value is -0.870. The Balaban J connectivity index is 2.05. The number of aryl methyl sites for hydroxylation is 1. The van der Waals surface area contributed by atoms with Gasteiger partial charge in [-0.05, 0) is 44.7 Å². The van der Waals surface area contributed by atoms with Crippen LogP contribution >= 0.6 is 0 Å². The maximum Gasteiger partial charge on any atom is 0.297 e. The molecule has 0 saturated heterocycles. The summed E-state index contributed by atoms with van der Waals surface area (Å²) in [5.74, 6) is 0.359. The van der Waals surface area contributed by atoms with Gasteiger partial charge in [-0.15, -0.1) is 0 Å². The van der Waals surface area contributed by atoms with Crippen LogP contribution in [0.2, 0.25) is 0 Å². The molecule has 1 unspecified atom stereocenters. The minimum atomic E-state index is -3.64. The predicted molar refractivity (Wildman–Crippen MR) is 80.1 cm³/mol. The normalized spacial score (nSPS) is 19.5. The Labute approximate surface area is 122 Å². The number of rotatable bonds is 4. The SMILES string of the molecule is Cc1ccc(S(=O)(=O)OC(C)C2CCCCCC2)cc1. The second-order valence-electron chi connectivity index (χ2n) is 5.82. The highest BCUT2D eigenvalue weighted by atomic mass is 32.2. The maximum atomic E-state index is 12.3. The molecule has 0 aromatic heterocycles. The lowest BCUT2D eigenvalue weighted by Gasteiger charge is -2.22. The first-order valence-electron chi connectivity index (χ1n) is 7.49. The third-order valence-electron chi connectivity index (χ3n) is 4.15. The van der Waals surface area contributed by atoms with Crippen LogP contribution in [0.1, 0.15) is 51.0 Å². The van der Waals surface area contributed by atoms with E-state index in [2.05, 4.69) is 0 Å². The zero-order chi connectivity index (χ0) is 14.6. The van der Waals surface area contributed by atoms with Gasteiger partial charge in [-0.2, -0.15) is 8.42 Å². The predicted octanol–water partition coefficient (Wildman–Crippen LogP) is 4.06. The molecular formula is C16H24O3S. The lowest BCUT2D eigenvalue weighted by atomic mass is 9.95. The number of hydrogen-bond acceptors (Lipinski definition) is 3. The summed E-state index contributed by atoms with van der Waals surface area (Å²) in [6.07, 6.45) is 6.79. The van der Waals surface area contributed by atoms with Crippen LogP contribution in [0, 0.1) is 12.8 Å². The molecule has 1 atom stereocenters. The van der Waals surface area contributed by atoms with E-state index in [0.717, 1.165) is 18.4 Å². The third-order valence-corrected chi connectivity index (χ3v) is 5.56. The topological polar surface area (TPSA) is 43.4 Å². The van der Waals surface area contributed by atoms with E-state index in [4.69, 9.17) is 4.18 Å². The van der Waals surface area contributed by atoms with Crippen molar-refractivity contribution in [2.24, 2.45) is 5.92 Å². The molecule has 1 aliphatic carbocycles. The van der Waals surface area contributed by atoms with Crippen molar-refractivity contribution in [1.82, 2.24) is 0 Å². The summed E-state index contributed by atoms with van der Waals surface area (Å²) >= 11 is 0. The molecule has 3 nitrogen and oxygen atoms in total. The Morgan fingerprint density at radius 3 is 2.15 bits per heavy atom. The van der Waals surface area contributed by atoms with Crippen LogP contribution < -0.4 is 0 Å². The fourth-order valence-corrected chi connectivity index (χ4v) is 3.96. The number of hydrogen-bond donors (Lipinski definition) is 0. The zero-order valence-corrected chi connectivity index (χ0v) is 13.2. The highest BCUT2D eigenvalue weighted by Crippen LogP contribution is 2.28. The second kappa shape index (κ2) is 6.72. The van der Waals surface area contributed by atoms with Crippen molar-refractivity contribution in [1.29, 1.82) is 0 Å². The fraction of sp³-hybridized carbons (Fsp3) is 0.625. The molecule has 0 radical (unpaired) electrons. The van der Waals surface area contributed by atoms with Gasteiger partial charge in [0.25, 0.3) is 10.1 Å². The summed E-state index contributed by atoms with van der Waals surface area (Å²) < 4.78 is 30.0. The summed E-state index contributed by atoms with van der Waals surface area (Å²) in [5, 5.41) is 0. The van der Waals surface area contributed by atoms with Gasteiger partial charge in [0.15, 0.2) is 0 Å². The Kier molecular flexibility index (Phi) is 5.22. The second-order valence-corrected chi connectivity index (χ2v) is 7.39.